The monoisotopic (exact) mass is 379 g/mol. The molecule has 28 heavy (non-hydrogen) atoms. The fourth-order valence-electron chi connectivity index (χ4n) is 3.69. The van der Waals surface area contributed by atoms with Crippen LogP contribution in [-0.4, -0.2) is 26.8 Å². The average Bonchev–Trinajstić information content (AvgIpc) is 3.46. The number of hydrogen-bond donors (Lipinski definition) is 1. The summed E-state index contributed by atoms with van der Waals surface area (Å²) >= 11 is 0. The molecule has 2 unspecified atom stereocenters. The van der Waals surface area contributed by atoms with Crippen molar-refractivity contribution in [3.63, 3.8) is 0 Å². The molecule has 3 aromatic rings. The van der Waals surface area contributed by atoms with E-state index in [4.69, 9.17) is 0 Å². The molecule has 1 aliphatic carbocycles. The molecular weight excluding hydrogens is 357 g/mol. The molecule has 1 fully saturated rings. The smallest absolute Gasteiger partial charge is 0.258 e. The lowest BCUT2D eigenvalue weighted by Crippen LogP contribution is -2.38. The van der Waals surface area contributed by atoms with Crippen molar-refractivity contribution in [2.45, 2.75) is 38.8 Å². The lowest BCUT2D eigenvalue weighted by molar-refractivity contribution is -0.135. The third kappa shape index (κ3) is 3.42. The minimum atomic E-state index is -0.264. The van der Waals surface area contributed by atoms with Gasteiger partial charge in [-0.1, -0.05) is 30.3 Å². The van der Waals surface area contributed by atoms with Crippen molar-refractivity contribution in [1.82, 2.24) is 14.9 Å². The normalized spacial score (nSPS) is 18.4. The Morgan fingerprint density at radius 3 is 2.68 bits per heavy atom. The minimum absolute atomic E-state index is 0.0286. The van der Waals surface area contributed by atoms with Gasteiger partial charge >= 0.3 is 0 Å². The van der Waals surface area contributed by atoms with Crippen molar-refractivity contribution in [3.05, 3.63) is 76.1 Å². The Morgan fingerprint density at radius 1 is 1.21 bits per heavy atom. The molecule has 6 heteroatoms. The maximum Gasteiger partial charge on any atom is 0.258 e. The van der Waals surface area contributed by atoms with Gasteiger partial charge in [-0.05, 0) is 49.9 Å². The Hall–Kier alpha value is -3.02. The van der Waals surface area contributed by atoms with Crippen LogP contribution >= 0.6 is 0 Å². The van der Waals surface area contributed by atoms with Crippen LogP contribution in [0.25, 0.3) is 10.9 Å². The average molecular weight is 379 g/mol. The fourth-order valence-corrected chi connectivity index (χ4v) is 3.69. The van der Waals surface area contributed by atoms with Gasteiger partial charge in [-0.15, -0.1) is 0 Å². The molecule has 1 amide bonds. The van der Waals surface area contributed by atoms with Crippen molar-refractivity contribution in [3.8, 4) is 0 Å². The number of benzene rings is 2. The van der Waals surface area contributed by atoms with E-state index in [1.54, 1.807) is 41.3 Å². The highest BCUT2D eigenvalue weighted by atomic mass is 19.1. The molecule has 0 bridgehead atoms. The highest BCUT2D eigenvalue weighted by molar-refractivity contribution is 5.83. The predicted molar refractivity (Wildman–Crippen MR) is 105 cm³/mol. The number of nitrogens with one attached hydrogen (secondary N) is 1. The van der Waals surface area contributed by atoms with Crippen molar-refractivity contribution < 1.29 is 9.18 Å². The third-order valence-electron chi connectivity index (χ3n) is 5.30. The number of aromatic nitrogens is 2. The Balaban J connectivity index is 1.56. The van der Waals surface area contributed by atoms with Crippen LogP contribution < -0.4 is 5.56 Å². The van der Waals surface area contributed by atoms with Gasteiger partial charge in [-0.2, -0.15) is 0 Å². The molecule has 0 spiro atoms. The largest absolute Gasteiger partial charge is 0.333 e. The molecule has 1 aromatic heterocycles. The van der Waals surface area contributed by atoms with E-state index in [-0.39, 0.29) is 41.7 Å². The lowest BCUT2D eigenvalue weighted by Gasteiger charge is -2.26. The van der Waals surface area contributed by atoms with Gasteiger partial charge in [0.25, 0.3) is 5.56 Å². The maximum absolute atomic E-state index is 14.0. The van der Waals surface area contributed by atoms with Crippen LogP contribution in [0.15, 0.2) is 53.3 Å². The predicted octanol–water partition coefficient (Wildman–Crippen LogP) is 3.60. The van der Waals surface area contributed by atoms with E-state index >= 15 is 0 Å². The highest BCUT2D eigenvalue weighted by Crippen LogP contribution is 2.49. The number of nitrogens with zero attached hydrogens (tertiary/aromatic N) is 2. The number of aromatic amines is 1. The molecule has 2 aromatic carbocycles. The Morgan fingerprint density at radius 2 is 1.93 bits per heavy atom. The molecule has 2 atom stereocenters. The van der Waals surface area contributed by atoms with Crippen LogP contribution in [0.4, 0.5) is 4.39 Å². The zero-order chi connectivity index (χ0) is 19.8. The molecule has 0 aliphatic heterocycles. The lowest BCUT2D eigenvalue weighted by atomic mass is 10.1. The van der Waals surface area contributed by atoms with Crippen LogP contribution in [-0.2, 0) is 11.3 Å². The van der Waals surface area contributed by atoms with Crippen molar-refractivity contribution in [2.24, 2.45) is 5.92 Å². The van der Waals surface area contributed by atoms with Gasteiger partial charge in [0.15, 0.2) is 0 Å². The number of fused-ring (bicyclic) bond motifs is 1. The number of rotatable bonds is 5. The fraction of sp³-hybridized carbons (Fsp3) is 0.318. The SMILES string of the molecule is CC(C)N(Cc1nc2ccccc2c(=O)[nH]1)C(=O)C1CC1c1ccccc1F. The third-order valence-corrected chi connectivity index (χ3v) is 5.30. The summed E-state index contributed by atoms with van der Waals surface area (Å²) in [6, 6.07) is 13.7. The first-order chi connectivity index (χ1) is 13.5. The van der Waals surface area contributed by atoms with E-state index in [0.29, 0.717) is 28.7 Å². The minimum Gasteiger partial charge on any atom is -0.333 e. The van der Waals surface area contributed by atoms with Gasteiger partial charge in [-0.3, -0.25) is 9.59 Å². The van der Waals surface area contributed by atoms with Gasteiger partial charge in [0.05, 0.1) is 17.4 Å². The van der Waals surface area contributed by atoms with E-state index in [1.807, 2.05) is 19.9 Å². The van der Waals surface area contributed by atoms with Crippen LogP contribution in [0.3, 0.4) is 0 Å². The first-order valence-electron chi connectivity index (χ1n) is 9.48. The second kappa shape index (κ2) is 7.19. The summed E-state index contributed by atoms with van der Waals surface area (Å²) < 4.78 is 14.0. The quantitative estimate of drug-likeness (QED) is 0.737. The first-order valence-corrected chi connectivity index (χ1v) is 9.48. The van der Waals surface area contributed by atoms with Crippen LogP contribution in [0.1, 0.15) is 37.6 Å². The molecule has 0 saturated heterocycles. The van der Waals surface area contributed by atoms with Gasteiger partial charge in [0.1, 0.15) is 11.6 Å². The summed E-state index contributed by atoms with van der Waals surface area (Å²) in [4.78, 5) is 34.4. The maximum atomic E-state index is 14.0. The molecule has 1 N–H and O–H groups in total. The Bertz CT molecular complexity index is 1090. The van der Waals surface area contributed by atoms with E-state index < -0.39 is 0 Å². The Kier molecular flexibility index (Phi) is 4.71. The molecule has 1 heterocycles. The molecule has 4 rings (SSSR count). The van der Waals surface area contributed by atoms with Crippen molar-refractivity contribution >= 4 is 16.8 Å². The standard InChI is InChI=1S/C22H22FN3O2/c1-13(2)26(12-20-24-19-10-6-4-8-15(19)21(27)25-20)22(28)17-11-16(17)14-7-3-5-9-18(14)23/h3-10,13,16-17H,11-12H2,1-2H3,(H,24,25,27). The first kappa shape index (κ1) is 18.3. The number of carbonyl (C=O) groups excluding carboxylic acids is 1. The summed E-state index contributed by atoms with van der Waals surface area (Å²) in [6.45, 7) is 4.08. The summed E-state index contributed by atoms with van der Waals surface area (Å²) in [7, 11) is 0. The molecule has 5 nitrogen and oxygen atoms in total. The number of amides is 1. The zero-order valence-corrected chi connectivity index (χ0v) is 15.9. The topological polar surface area (TPSA) is 66.1 Å². The Labute approximate surface area is 162 Å². The molecule has 144 valence electrons. The number of para-hydroxylation sites is 1. The van der Waals surface area contributed by atoms with Crippen LogP contribution in [0.5, 0.6) is 0 Å². The van der Waals surface area contributed by atoms with Gasteiger partial charge in [0, 0.05) is 12.0 Å². The van der Waals surface area contributed by atoms with Gasteiger partial charge in [-0.25, -0.2) is 9.37 Å². The van der Waals surface area contributed by atoms with Crippen LogP contribution in [0.2, 0.25) is 0 Å². The summed E-state index contributed by atoms with van der Waals surface area (Å²) in [5, 5.41) is 0.524. The van der Waals surface area contributed by atoms with Gasteiger partial charge in [0.2, 0.25) is 5.91 Å². The second-order valence-electron chi connectivity index (χ2n) is 7.56. The van der Waals surface area contributed by atoms with Gasteiger partial charge < -0.3 is 9.88 Å². The zero-order valence-electron chi connectivity index (χ0n) is 15.9. The van der Waals surface area contributed by atoms with E-state index in [0.717, 1.165) is 0 Å². The van der Waals surface area contributed by atoms with Crippen molar-refractivity contribution in [1.29, 1.82) is 0 Å². The van der Waals surface area contributed by atoms with E-state index in [1.165, 1.54) is 6.07 Å². The number of carbonyl (C=O) groups is 1. The molecule has 1 aliphatic rings. The van der Waals surface area contributed by atoms with Crippen molar-refractivity contribution in [2.75, 3.05) is 0 Å². The molecule has 0 radical (unpaired) electrons. The summed E-state index contributed by atoms with van der Waals surface area (Å²) in [5.74, 6) is -0.155. The van der Waals surface area contributed by atoms with E-state index in [2.05, 4.69) is 9.97 Å². The van der Waals surface area contributed by atoms with E-state index in [9.17, 15) is 14.0 Å². The number of halogens is 1. The molecular formula is C22H22FN3O2. The summed E-state index contributed by atoms with van der Waals surface area (Å²) in [6.07, 6.45) is 0.644. The molecule has 1 saturated carbocycles. The van der Waals surface area contributed by atoms with Crippen LogP contribution in [0, 0.1) is 11.7 Å². The number of hydrogen-bond acceptors (Lipinski definition) is 3. The number of H-pyrrole nitrogens is 1. The second-order valence-corrected chi connectivity index (χ2v) is 7.56. The summed E-state index contributed by atoms with van der Waals surface area (Å²) in [5.41, 5.74) is 0.988. The highest BCUT2D eigenvalue weighted by Gasteiger charge is 2.47.